The molecule has 4 rings (SSSR count). The lowest BCUT2D eigenvalue weighted by atomic mass is 10.0. The lowest BCUT2D eigenvalue weighted by Crippen LogP contribution is -2.21. The number of rotatable bonds is 6. The summed E-state index contributed by atoms with van der Waals surface area (Å²) in [5.74, 6) is 0. The van der Waals surface area contributed by atoms with Crippen LogP contribution in [0.4, 0.5) is 0 Å². The van der Waals surface area contributed by atoms with Crippen molar-refractivity contribution in [3.05, 3.63) is 85.7 Å². The van der Waals surface area contributed by atoms with E-state index in [9.17, 15) is 0 Å². The van der Waals surface area contributed by atoms with Crippen LogP contribution in [0.5, 0.6) is 0 Å². The highest BCUT2D eigenvalue weighted by Crippen LogP contribution is 2.28. The molecule has 0 fully saturated rings. The van der Waals surface area contributed by atoms with Crippen molar-refractivity contribution in [2.24, 2.45) is 0 Å². The smallest absolute Gasteiger partial charge is 0.124 e. The minimum absolute atomic E-state index is 0.201. The van der Waals surface area contributed by atoms with Crippen molar-refractivity contribution in [2.75, 3.05) is 0 Å². The van der Waals surface area contributed by atoms with Crippen molar-refractivity contribution < 1.29 is 0 Å². The van der Waals surface area contributed by atoms with Gasteiger partial charge in [-0.1, -0.05) is 35.9 Å². The van der Waals surface area contributed by atoms with Gasteiger partial charge in [-0.3, -0.25) is 5.32 Å². The largest absolute Gasteiger partial charge is 0.300 e. The molecule has 0 saturated carbocycles. The van der Waals surface area contributed by atoms with Crippen molar-refractivity contribution >= 4 is 34.0 Å². The van der Waals surface area contributed by atoms with Crippen LogP contribution in [0.1, 0.15) is 27.7 Å². The Morgan fingerprint density at radius 1 is 1.00 bits per heavy atom. The SMILES string of the molecule is Cc1ccc([C@@H](NCc2csc(-c3ccsc3)n2)c2cccs2)cc1. The van der Waals surface area contributed by atoms with Crippen molar-refractivity contribution in [3.63, 3.8) is 0 Å². The third-order valence-corrected chi connectivity index (χ3v) is 6.61. The Balaban J connectivity index is 1.52. The highest BCUT2D eigenvalue weighted by atomic mass is 32.1. The van der Waals surface area contributed by atoms with Gasteiger partial charge in [0.1, 0.15) is 5.01 Å². The topological polar surface area (TPSA) is 24.9 Å². The zero-order chi connectivity index (χ0) is 17.1. The molecule has 25 heavy (non-hydrogen) atoms. The number of nitrogens with zero attached hydrogens (tertiary/aromatic N) is 1. The molecule has 0 amide bonds. The zero-order valence-corrected chi connectivity index (χ0v) is 16.3. The van der Waals surface area contributed by atoms with E-state index in [0.29, 0.717) is 0 Å². The van der Waals surface area contributed by atoms with Crippen molar-refractivity contribution in [3.8, 4) is 10.6 Å². The second-order valence-corrected chi connectivity index (χ2v) is 8.51. The number of thiazole rings is 1. The third-order valence-electron chi connectivity index (χ3n) is 4.05. The summed E-state index contributed by atoms with van der Waals surface area (Å²) >= 11 is 5.21. The molecule has 0 aliphatic heterocycles. The molecular weight excluding hydrogens is 364 g/mol. The molecule has 2 nitrogen and oxygen atoms in total. The minimum atomic E-state index is 0.201. The van der Waals surface area contributed by atoms with Gasteiger partial charge in [0.15, 0.2) is 0 Å². The molecule has 1 N–H and O–H groups in total. The minimum Gasteiger partial charge on any atom is -0.300 e. The maximum Gasteiger partial charge on any atom is 0.124 e. The Morgan fingerprint density at radius 3 is 2.60 bits per heavy atom. The van der Waals surface area contributed by atoms with Gasteiger partial charge in [0.25, 0.3) is 0 Å². The number of hydrogen-bond acceptors (Lipinski definition) is 5. The van der Waals surface area contributed by atoms with Gasteiger partial charge in [0.05, 0.1) is 11.7 Å². The fraction of sp³-hybridized carbons (Fsp3) is 0.150. The highest BCUT2D eigenvalue weighted by Gasteiger charge is 2.15. The molecule has 0 bridgehead atoms. The second-order valence-electron chi connectivity index (χ2n) is 5.90. The van der Waals surface area contributed by atoms with Crippen LogP contribution in [0.3, 0.4) is 0 Å². The van der Waals surface area contributed by atoms with Gasteiger partial charge in [0.2, 0.25) is 0 Å². The van der Waals surface area contributed by atoms with E-state index in [-0.39, 0.29) is 6.04 Å². The summed E-state index contributed by atoms with van der Waals surface area (Å²) in [6.07, 6.45) is 0. The Bertz CT molecular complexity index is 906. The third kappa shape index (κ3) is 3.90. The van der Waals surface area contributed by atoms with E-state index in [1.54, 1.807) is 34.0 Å². The number of nitrogens with one attached hydrogen (secondary N) is 1. The number of thiophene rings is 2. The number of aromatic nitrogens is 1. The molecule has 0 aliphatic carbocycles. The van der Waals surface area contributed by atoms with Gasteiger partial charge in [-0.25, -0.2) is 4.98 Å². The predicted octanol–water partition coefficient (Wildman–Crippen LogP) is 6.12. The van der Waals surface area contributed by atoms with Crippen molar-refractivity contribution in [1.82, 2.24) is 10.3 Å². The molecule has 1 aromatic carbocycles. The van der Waals surface area contributed by atoms with Crippen LogP contribution in [0.2, 0.25) is 0 Å². The van der Waals surface area contributed by atoms with Crippen LogP contribution in [0, 0.1) is 6.92 Å². The van der Waals surface area contributed by atoms with E-state index in [1.165, 1.54) is 21.6 Å². The van der Waals surface area contributed by atoms with E-state index >= 15 is 0 Å². The van der Waals surface area contributed by atoms with E-state index < -0.39 is 0 Å². The van der Waals surface area contributed by atoms with Crippen LogP contribution < -0.4 is 5.32 Å². The van der Waals surface area contributed by atoms with Crippen LogP contribution in [0.25, 0.3) is 10.6 Å². The highest BCUT2D eigenvalue weighted by molar-refractivity contribution is 7.14. The fourth-order valence-electron chi connectivity index (χ4n) is 2.71. The average Bonchev–Trinajstić information content (AvgIpc) is 3.39. The first-order valence-corrected chi connectivity index (χ1v) is 10.8. The number of hydrogen-bond donors (Lipinski definition) is 1. The van der Waals surface area contributed by atoms with Crippen molar-refractivity contribution in [1.29, 1.82) is 0 Å². The summed E-state index contributed by atoms with van der Waals surface area (Å²) in [6.45, 7) is 2.88. The van der Waals surface area contributed by atoms with Gasteiger partial charge in [-0.15, -0.1) is 22.7 Å². The van der Waals surface area contributed by atoms with E-state index in [2.05, 4.69) is 76.2 Å². The first kappa shape index (κ1) is 16.7. The molecule has 1 atom stereocenters. The van der Waals surface area contributed by atoms with Crippen LogP contribution in [0.15, 0.2) is 64.0 Å². The summed E-state index contributed by atoms with van der Waals surface area (Å²) in [4.78, 5) is 6.11. The predicted molar refractivity (Wildman–Crippen MR) is 110 cm³/mol. The van der Waals surface area contributed by atoms with Crippen LogP contribution in [-0.4, -0.2) is 4.98 Å². The van der Waals surface area contributed by atoms with Crippen molar-refractivity contribution in [2.45, 2.75) is 19.5 Å². The van der Waals surface area contributed by atoms with E-state index in [0.717, 1.165) is 17.2 Å². The maximum absolute atomic E-state index is 4.78. The molecular formula is C20H18N2S3. The van der Waals surface area contributed by atoms with Gasteiger partial charge >= 0.3 is 0 Å². The normalized spacial score (nSPS) is 12.4. The number of benzene rings is 1. The molecule has 3 aromatic heterocycles. The van der Waals surface area contributed by atoms with Gasteiger partial charge < -0.3 is 0 Å². The Hall–Kier alpha value is -1.79. The second kappa shape index (κ2) is 7.62. The Kier molecular flexibility index (Phi) is 5.08. The standard InChI is InChI=1S/C20H18N2S3/c1-14-4-6-15(7-5-14)19(18-3-2-9-24-18)21-11-17-13-25-20(22-17)16-8-10-23-12-16/h2-10,12-13,19,21H,11H2,1H3/t19-/m1/s1. The maximum atomic E-state index is 4.78. The van der Waals surface area contributed by atoms with Gasteiger partial charge in [-0.05, 0) is 35.4 Å². The first-order chi connectivity index (χ1) is 12.3. The molecule has 0 unspecified atom stereocenters. The first-order valence-electron chi connectivity index (χ1n) is 8.10. The van der Waals surface area contributed by atoms with Crippen LogP contribution >= 0.6 is 34.0 Å². The van der Waals surface area contributed by atoms with Gasteiger partial charge in [0, 0.05) is 27.7 Å². The summed E-state index contributed by atoms with van der Waals surface area (Å²) in [7, 11) is 0. The molecule has 0 saturated heterocycles. The molecule has 0 radical (unpaired) electrons. The fourth-order valence-corrected chi connectivity index (χ4v) is 5.07. The zero-order valence-electron chi connectivity index (χ0n) is 13.8. The monoisotopic (exact) mass is 382 g/mol. The molecule has 4 aromatic rings. The molecule has 126 valence electrons. The molecule has 0 spiro atoms. The lowest BCUT2D eigenvalue weighted by molar-refractivity contribution is 0.606. The quantitative estimate of drug-likeness (QED) is 0.434. The Labute approximate surface area is 159 Å². The summed E-state index contributed by atoms with van der Waals surface area (Å²) in [6, 6.07) is 15.4. The number of aryl methyl sites for hydroxylation is 1. The molecule has 5 heteroatoms. The molecule has 0 aliphatic rings. The van der Waals surface area contributed by atoms with E-state index in [4.69, 9.17) is 4.98 Å². The average molecular weight is 383 g/mol. The summed E-state index contributed by atoms with van der Waals surface area (Å²) in [5, 5.41) is 13.3. The lowest BCUT2D eigenvalue weighted by Gasteiger charge is -2.17. The summed E-state index contributed by atoms with van der Waals surface area (Å²) < 4.78 is 0. The molecule has 3 heterocycles. The Morgan fingerprint density at radius 2 is 1.88 bits per heavy atom. The van der Waals surface area contributed by atoms with E-state index in [1.807, 2.05) is 0 Å². The summed E-state index contributed by atoms with van der Waals surface area (Å²) in [5.41, 5.74) is 4.89. The van der Waals surface area contributed by atoms with Gasteiger partial charge in [-0.2, -0.15) is 11.3 Å². The van der Waals surface area contributed by atoms with Crippen LogP contribution in [-0.2, 0) is 6.54 Å².